The summed E-state index contributed by atoms with van der Waals surface area (Å²) >= 11 is 0. The van der Waals surface area contributed by atoms with E-state index in [1.165, 1.54) is 22.9 Å². The molecule has 6 heteroatoms. The van der Waals surface area contributed by atoms with E-state index in [1.54, 1.807) is 19.3 Å². The zero-order valence-electron chi connectivity index (χ0n) is 10.0. The van der Waals surface area contributed by atoms with Crippen molar-refractivity contribution in [1.29, 1.82) is 0 Å². The molecule has 3 rings (SSSR count). The van der Waals surface area contributed by atoms with Gasteiger partial charge in [0, 0.05) is 29.7 Å². The van der Waals surface area contributed by atoms with Gasteiger partial charge in [0.1, 0.15) is 5.82 Å². The van der Waals surface area contributed by atoms with E-state index in [1.807, 2.05) is 0 Å². The van der Waals surface area contributed by atoms with E-state index in [4.69, 9.17) is 5.11 Å². The van der Waals surface area contributed by atoms with E-state index in [0.29, 0.717) is 11.2 Å². The van der Waals surface area contributed by atoms with Gasteiger partial charge in [0.15, 0.2) is 5.69 Å². The Bertz CT molecular complexity index is 788. The number of hydrogen-bond donors (Lipinski definition) is 2. The summed E-state index contributed by atoms with van der Waals surface area (Å²) in [6, 6.07) is 5.92. The number of aromatic carboxylic acids is 1. The third-order valence-electron chi connectivity index (χ3n) is 3.02. The van der Waals surface area contributed by atoms with Gasteiger partial charge >= 0.3 is 5.97 Å². The minimum absolute atomic E-state index is 0.0195. The van der Waals surface area contributed by atoms with Crippen LogP contribution in [0, 0.1) is 5.82 Å². The molecule has 2 N–H and O–H groups in total. The summed E-state index contributed by atoms with van der Waals surface area (Å²) in [4.78, 5) is 13.9. The molecule has 5 nitrogen and oxygen atoms in total. The van der Waals surface area contributed by atoms with Crippen molar-refractivity contribution in [2.75, 3.05) is 0 Å². The highest BCUT2D eigenvalue weighted by atomic mass is 19.1. The predicted molar refractivity (Wildman–Crippen MR) is 67.4 cm³/mol. The van der Waals surface area contributed by atoms with Gasteiger partial charge in [-0.1, -0.05) is 0 Å². The van der Waals surface area contributed by atoms with Gasteiger partial charge in [-0.25, -0.2) is 9.18 Å². The summed E-state index contributed by atoms with van der Waals surface area (Å²) in [5.41, 5.74) is 2.09. The van der Waals surface area contributed by atoms with Crippen molar-refractivity contribution in [3.05, 3.63) is 42.0 Å². The third-order valence-corrected chi connectivity index (χ3v) is 3.02. The van der Waals surface area contributed by atoms with Crippen LogP contribution in [0.2, 0.25) is 0 Å². The van der Waals surface area contributed by atoms with Crippen LogP contribution in [0.1, 0.15) is 10.5 Å². The van der Waals surface area contributed by atoms with Gasteiger partial charge in [0.25, 0.3) is 0 Å². The highest BCUT2D eigenvalue weighted by Crippen LogP contribution is 2.29. The number of aromatic nitrogens is 3. The maximum Gasteiger partial charge on any atom is 0.356 e. The van der Waals surface area contributed by atoms with Crippen molar-refractivity contribution in [1.82, 2.24) is 14.8 Å². The fourth-order valence-electron chi connectivity index (χ4n) is 2.13. The SMILES string of the molecule is Cn1nc(C(=O)O)cc1-c1c[nH]c2cc(F)ccc12. The molecule has 0 spiro atoms. The first-order valence-electron chi connectivity index (χ1n) is 5.60. The van der Waals surface area contributed by atoms with Crippen LogP contribution in [0.25, 0.3) is 22.2 Å². The summed E-state index contributed by atoms with van der Waals surface area (Å²) in [7, 11) is 1.67. The summed E-state index contributed by atoms with van der Waals surface area (Å²) in [6.07, 6.45) is 1.72. The molecule has 0 unspecified atom stereocenters. The van der Waals surface area contributed by atoms with E-state index in [9.17, 15) is 9.18 Å². The van der Waals surface area contributed by atoms with Gasteiger partial charge in [-0.2, -0.15) is 5.10 Å². The molecule has 0 amide bonds. The highest BCUT2D eigenvalue weighted by Gasteiger charge is 2.15. The third kappa shape index (κ3) is 1.77. The molecule has 0 fully saturated rings. The number of halogens is 1. The standard InChI is InChI=1S/C13H10FN3O2/c1-17-12(5-11(16-17)13(18)19)9-6-15-10-4-7(14)2-3-8(9)10/h2-6,15H,1H3,(H,18,19). The van der Waals surface area contributed by atoms with Crippen LogP contribution in [-0.2, 0) is 7.05 Å². The lowest BCUT2D eigenvalue weighted by Crippen LogP contribution is -1.99. The highest BCUT2D eigenvalue weighted by molar-refractivity contribution is 5.96. The summed E-state index contributed by atoms with van der Waals surface area (Å²) in [6.45, 7) is 0. The monoisotopic (exact) mass is 259 g/mol. The fraction of sp³-hybridized carbons (Fsp3) is 0.0769. The lowest BCUT2D eigenvalue weighted by atomic mass is 10.1. The first kappa shape index (κ1) is 11.5. The second-order valence-corrected chi connectivity index (χ2v) is 4.24. The first-order valence-corrected chi connectivity index (χ1v) is 5.60. The molecule has 0 saturated heterocycles. The Morgan fingerprint density at radius 2 is 2.21 bits per heavy atom. The smallest absolute Gasteiger partial charge is 0.356 e. The predicted octanol–water partition coefficient (Wildman–Crippen LogP) is 2.41. The molecule has 96 valence electrons. The Labute approximate surface area is 107 Å². The van der Waals surface area contributed by atoms with Crippen molar-refractivity contribution in [3.63, 3.8) is 0 Å². The van der Waals surface area contributed by atoms with Crippen LogP contribution < -0.4 is 0 Å². The molecule has 2 heterocycles. The quantitative estimate of drug-likeness (QED) is 0.742. The van der Waals surface area contributed by atoms with E-state index in [2.05, 4.69) is 10.1 Å². The van der Waals surface area contributed by atoms with Crippen molar-refractivity contribution in [3.8, 4) is 11.3 Å². The van der Waals surface area contributed by atoms with Crippen LogP contribution in [0.4, 0.5) is 4.39 Å². The minimum atomic E-state index is -1.08. The second-order valence-electron chi connectivity index (χ2n) is 4.24. The van der Waals surface area contributed by atoms with Gasteiger partial charge < -0.3 is 10.1 Å². The normalized spacial score (nSPS) is 11.1. The van der Waals surface area contributed by atoms with Crippen LogP contribution in [0.15, 0.2) is 30.5 Å². The minimum Gasteiger partial charge on any atom is -0.476 e. The van der Waals surface area contributed by atoms with Crippen LogP contribution in [-0.4, -0.2) is 25.8 Å². The number of benzene rings is 1. The average Bonchev–Trinajstić information content (AvgIpc) is 2.92. The largest absolute Gasteiger partial charge is 0.476 e. The summed E-state index contributed by atoms with van der Waals surface area (Å²) in [5, 5.41) is 13.7. The molecule has 2 aromatic heterocycles. The van der Waals surface area contributed by atoms with Crippen molar-refractivity contribution >= 4 is 16.9 Å². The van der Waals surface area contributed by atoms with Gasteiger partial charge in [0.2, 0.25) is 0 Å². The van der Waals surface area contributed by atoms with E-state index >= 15 is 0 Å². The Morgan fingerprint density at radius 1 is 1.42 bits per heavy atom. The lowest BCUT2D eigenvalue weighted by molar-refractivity contribution is 0.0689. The zero-order chi connectivity index (χ0) is 13.6. The van der Waals surface area contributed by atoms with Crippen LogP contribution in [0.5, 0.6) is 0 Å². The van der Waals surface area contributed by atoms with Crippen molar-refractivity contribution in [2.24, 2.45) is 7.05 Å². The Kier molecular flexibility index (Phi) is 2.38. The molecule has 3 aromatic rings. The number of hydrogen-bond acceptors (Lipinski definition) is 2. The number of aromatic amines is 1. The number of rotatable bonds is 2. The molecule has 0 aliphatic carbocycles. The van der Waals surface area contributed by atoms with Crippen LogP contribution >= 0.6 is 0 Å². The summed E-state index contributed by atoms with van der Waals surface area (Å²) < 4.78 is 14.6. The molecule has 0 aliphatic rings. The van der Waals surface area contributed by atoms with Gasteiger partial charge in [-0.05, 0) is 24.3 Å². The number of aryl methyl sites for hydroxylation is 1. The lowest BCUT2D eigenvalue weighted by Gasteiger charge is -1.99. The topological polar surface area (TPSA) is 70.9 Å². The molecule has 0 bridgehead atoms. The summed E-state index contributed by atoms with van der Waals surface area (Å²) in [5.74, 6) is -1.40. The van der Waals surface area contributed by atoms with Gasteiger partial charge in [-0.15, -0.1) is 0 Å². The first-order chi connectivity index (χ1) is 9.06. The number of H-pyrrole nitrogens is 1. The molecule has 0 aliphatic heterocycles. The van der Waals surface area contributed by atoms with Crippen LogP contribution in [0.3, 0.4) is 0 Å². The molecule has 0 atom stereocenters. The Morgan fingerprint density at radius 3 is 2.89 bits per heavy atom. The Hall–Kier alpha value is -2.63. The van der Waals surface area contributed by atoms with E-state index in [-0.39, 0.29) is 11.5 Å². The molecular formula is C13H10FN3O2. The van der Waals surface area contributed by atoms with Gasteiger partial charge in [0.05, 0.1) is 5.69 Å². The maximum atomic E-state index is 13.1. The molecule has 19 heavy (non-hydrogen) atoms. The fourth-order valence-corrected chi connectivity index (χ4v) is 2.13. The van der Waals surface area contributed by atoms with Gasteiger partial charge in [-0.3, -0.25) is 4.68 Å². The molecular weight excluding hydrogens is 249 g/mol. The number of nitrogens with zero attached hydrogens (tertiary/aromatic N) is 2. The molecule has 0 radical (unpaired) electrons. The zero-order valence-corrected chi connectivity index (χ0v) is 10.0. The maximum absolute atomic E-state index is 13.1. The van der Waals surface area contributed by atoms with Crippen molar-refractivity contribution < 1.29 is 14.3 Å². The number of carboxylic acids is 1. The van der Waals surface area contributed by atoms with E-state index in [0.717, 1.165) is 10.9 Å². The van der Waals surface area contributed by atoms with Crippen molar-refractivity contribution in [2.45, 2.75) is 0 Å². The number of nitrogens with one attached hydrogen (secondary N) is 1. The molecule has 1 aromatic carbocycles. The second kappa shape index (κ2) is 3.94. The molecule has 0 saturated carbocycles. The number of fused-ring (bicyclic) bond motifs is 1. The average molecular weight is 259 g/mol. The van der Waals surface area contributed by atoms with E-state index < -0.39 is 5.97 Å². The number of carbonyl (C=O) groups is 1. The number of carboxylic acid groups (broad SMARTS) is 1. The Balaban J connectivity index is 2.22.